The van der Waals surface area contributed by atoms with E-state index in [4.69, 9.17) is 0 Å². The molecule has 0 unspecified atom stereocenters. The first kappa shape index (κ1) is 25.2. The zero-order valence-corrected chi connectivity index (χ0v) is 25.1. The van der Waals surface area contributed by atoms with E-state index in [0.717, 1.165) is 11.4 Å². The Morgan fingerprint density at radius 2 is 0.870 bits per heavy atom. The van der Waals surface area contributed by atoms with Crippen LogP contribution in [0.15, 0.2) is 170 Å². The normalized spacial score (nSPS) is 11.9. The van der Waals surface area contributed by atoms with Crippen molar-refractivity contribution >= 4 is 65.2 Å². The molecule has 0 atom stereocenters. The third kappa shape index (κ3) is 3.53. The van der Waals surface area contributed by atoms with Gasteiger partial charge in [0.15, 0.2) is 0 Å². The van der Waals surface area contributed by atoms with Gasteiger partial charge >= 0.3 is 0 Å². The van der Waals surface area contributed by atoms with Crippen molar-refractivity contribution in [2.75, 3.05) is 0 Å². The average Bonchev–Trinajstić information content (AvgIpc) is 3.63. The predicted molar refractivity (Wildman–Crippen MR) is 196 cm³/mol. The molecule has 0 aliphatic rings. The van der Waals surface area contributed by atoms with Gasteiger partial charge in [0.2, 0.25) is 0 Å². The summed E-state index contributed by atoms with van der Waals surface area (Å²) in [6.45, 7) is 0. The molecule has 0 spiro atoms. The van der Waals surface area contributed by atoms with Crippen LogP contribution >= 0.6 is 0 Å². The van der Waals surface area contributed by atoms with E-state index in [1.165, 1.54) is 76.3 Å². The van der Waals surface area contributed by atoms with Crippen molar-refractivity contribution in [2.45, 2.75) is 0 Å². The summed E-state index contributed by atoms with van der Waals surface area (Å²) in [4.78, 5) is 0. The molecular weight excluding hydrogens is 556 g/mol. The second-order valence-electron chi connectivity index (χ2n) is 12.1. The first-order valence-electron chi connectivity index (χ1n) is 15.9. The highest BCUT2D eigenvalue weighted by Gasteiger charge is 2.25. The molecule has 0 saturated heterocycles. The number of nitrogens with zero attached hydrogens (tertiary/aromatic N) is 2. The Morgan fingerprint density at radius 1 is 0.304 bits per heavy atom. The number of fused-ring (bicyclic) bond motifs is 9. The largest absolute Gasteiger partial charge is 0.307 e. The van der Waals surface area contributed by atoms with Crippen molar-refractivity contribution in [1.29, 1.82) is 0 Å². The number of benzene rings is 8. The lowest BCUT2D eigenvalue weighted by Crippen LogP contribution is -1.99. The van der Waals surface area contributed by atoms with Crippen LogP contribution in [0.4, 0.5) is 0 Å². The topological polar surface area (TPSA) is 9.86 Å². The van der Waals surface area contributed by atoms with Crippen molar-refractivity contribution in [1.82, 2.24) is 9.13 Å². The second kappa shape index (κ2) is 9.69. The van der Waals surface area contributed by atoms with Crippen LogP contribution in [-0.4, -0.2) is 9.13 Å². The van der Waals surface area contributed by atoms with Crippen molar-refractivity contribution in [3.8, 4) is 22.5 Å². The Balaban J connectivity index is 1.54. The van der Waals surface area contributed by atoms with Crippen molar-refractivity contribution in [2.24, 2.45) is 0 Å². The van der Waals surface area contributed by atoms with E-state index in [0.29, 0.717) is 0 Å². The van der Waals surface area contributed by atoms with Crippen LogP contribution in [0.3, 0.4) is 0 Å². The molecule has 0 aliphatic heterocycles. The molecule has 0 amide bonds. The second-order valence-corrected chi connectivity index (χ2v) is 12.1. The molecule has 2 aromatic heterocycles. The minimum Gasteiger partial charge on any atom is -0.307 e. The van der Waals surface area contributed by atoms with Crippen LogP contribution in [0.25, 0.3) is 87.7 Å². The fraction of sp³-hybridized carbons (Fsp3) is 0. The predicted octanol–water partition coefficient (Wildman–Crippen LogP) is 11.9. The smallest absolute Gasteiger partial charge is 0.0795 e. The molecule has 2 heterocycles. The van der Waals surface area contributed by atoms with Gasteiger partial charge in [0.25, 0.3) is 0 Å². The molecular formula is C44H28N2. The third-order valence-electron chi connectivity index (χ3n) is 9.64. The minimum absolute atomic E-state index is 1.15. The zero-order chi connectivity index (χ0) is 30.2. The maximum Gasteiger partial charge on any atom is 0.0795 e. The van der Waals surface area contributed by atoms with Crippen molar-refractivity contribution in [3.63, 3.8) is 0 Å². The fourth-order valence-corrected chi connectivity index (χ4v) is 7.69. The molecule has 0 N–H and O–H groups in total. The molecule has 2 nitrogen and oxygen atoms in total. The van der Waals surface area contributed by atoms with E-state index in [-0.39, 0.29) is 0 Å². The van der Waals surface area contributed by atoms with Crippen LogP contribution in [0.5, 0.6) is 0 Å². The van der Waals surface area contributed by atoms with Gasteiger partial charge in [-0.2, -0.15) is 0 Å². The van der Waals surface area contributed by atoms with Gasteiger partial charge in [0.05, 0.1) is 22.1 Å². The van der Waals surface area contributed by atoms with Gasteiger partial charge < -0.3 is 9.13 Å². The molecule has 2 heteroatoms. The summed E-state index contributed by atoms with van der Waals surface area (Å²) in [5, 5.41) is 10.0. The lowest BCUT2D eigenvalue weighted by Gasteiger charge is -2.15. The van der Waals surface area contributed by atoms with Gasteiger partial charge in [0, 0.05) is 32.9 Å². The summed E-state index contributed by atoms with van der Waals surface area (Å²) in [6.07, 6.45) is 0. The minimum atomic E-state index is 1.15. The van der Waals surface area contributed by atoms with Gasteiger partial charge in [-0.25, -0.2) is 0 Å². The highest BCUT2D eigenvalue weighted by atomic mass is 15.0. The standard InChI is InChI=1S/C44H28N2/c1-3-18-32(19-4-1)45-40-25-12-11-23-36(40)42-38(35-24-13-17-29-14-9-10-22-34(29)35)28-39-37-26-30-15-7-8-16-31(30)27-41(37)46(43(39)44(42)45)33-20-5-2-6-21-33/h1-28H. The van der Waals surface area contributed by atoms with Crippen LogP contribution in [-0.2, 0) is 0 Å². The monoisotopic (exact) mass is 584 g/mol. The maximum absolute atomic E-state index is 2.49. The van der Waals surface area contributed by atoms with E-state index in [1.807, 2.05) is 0 Å². The number of hydrogen-bond acceptors (Lipinski definition) is 0. The lowest BCUT2D eigenvalue weighted by atomic mass is 9.93. The van der Waals surface area contributed by atoms with E-state index in [2.05, 4.69) is 179 Å². The number of aromatic nitrogens is 2. The molecule has 10 aromatic rings. The molecule has 0 saturated carbocycles. The first-order valence-corrected chi connectivity index (χ1v) is 15.9. The number of hydrogen-bond donors (Lipinski definition) is 0. The summed E-state index contributed by atoms with van der Waals surface area (Å²) in [5.74, 6) is 0. The van der Waals surface area contributed by atoms with Gasteiger partial charge in [0.1, 0.15) is 0 Å². The lowest BCUT2D eigenvalue weighted by molar-refractivity contribution is 1.15. The SMILES string of the molecule is c1ccc(-n2c3cc4ccccc4cc3c3cc(-c4cccc5ccccc45)c4c5ccccc5n(-c5ccccc5)c4c32)cc1. The molecule has 214 valence electrons. The molecule has 46 heavy (non-hydrogen) atoms. The van der Waals surface area contributed by atoms with Gasteiger partial charge in [-0.15, -0.1) is 0 Å². The maximum atomic E-state index is 2.49. The summed E-state index contributed by atoms with van der Waals surface area (Å²) in [6, 6.07) is 62.0. The highest BCUT2D eigenvalue weighted by molar-refractivity contribution is 6.29. The van der Waals surface area contributed by atoms with Gasteiger partial charge in [-0.3, -0.25) is 0 Å². The van der Waals surface area contributed by atoms with Gasteiger partial charge in [-0.05, 0) is 81.2 Å². The third-order valence-corrected chi connectivity index (χ3v) is 9.64. The summed E-state index contributed by atoms with van der Waals surface area (Å²) >= 11 is 0. The van der Waals surface area contributed by atoms with Crippen LogP contribution in [0.1, 0.15) is 0 Å². The van der Waals surface area contributed by atoms with Crippen molar-refractivity contribution < 1.29 is 0 Å². The van der Waals surface area contributed by atoms with E-state index in [1.54, 1.807) is 0 Å². The molecule has 0 bridgehead atoms. The van der Waals surface area contributed by atoms with Crippen LogP contribution in [0, 0.1) is 0 Å². The average molecular weight is 585 g/mol. The first-order chi connectivity index (χ1) is 22.8. The Morgan fingerprint density at radius 3 is 1.61 bits per heavy atom. The van der Waals surface area contributed by atoms with E-state index >= 15 is 0 Å². The van der Waals surface area contributed by atoms with Crippen LogP contribution in [0.2, 0.25) is 0 Å². The zero-order valence-electron chi connectivity index (χ0n) is 25.1. The molecule has 8 aromatic carbocycles. The highest BCUT2D eigenvalue weighted by Crippen LogP contribution is 2.47. The Bertz CT molecular complexity index is 2780. The fourth-order valence-electron chi connectivity index (χ4n) is 7.69. The van der Waals surface area contributed by atoms with Crippen LogP contribution < -0.4 is 0 Å². The summed E-state index contributed by atoms with van der Waals surface area (Å²) in [7, 11) is 0. The van der Waals surface area contributed by atoms with E-state index in [9.17, 15) is 0 Å². The Hall–Kier alpha value is -6.12. The Kier molecular flexibility index (Phi) is 5.31. The quantitative estimate of drug-likeness (QED) is 0.195. The van der Waals surface area contributed by atoms with Crippen molar-refractivity contribution in [3.05, 3.63) is 170 Å². The summed E-state index contributed by atoms with van der Waals surface area (Å²) in [5.41, 5.74) is 9.66. The number of rotatable bonds is 3. The molecule has 0 fully saturated rings. The number of para-hydroxylation sites is 3. The molecule has 10 rings (SSSR count). The molecule has 0 radical (unpaired) electrons. The summed E-state index contributed by atoms with van der Waals surface area (Å²) < 4.78 is 4.98. The van der Waals surface area contributed by atoms with Gasteiger partial charge in [-0.1, -0.05) is 121 Å². The molecule has 0 aliphatic carbocycles. The van der Waals surface area contributed by atoms with E-state index < -0.39 is 0 Å². The Labute approximate surface area is 266 Å².